The molecule has 1 aromatic carbocycles. The van der Waals surface area contributed by atoms with Gasteiger partial charge in [0.1, 0.15) is 5.75 Å². The van der Waals surface area contributed by atoms with E-state index in [-0.39, 0.29) is 6.10 Å². The quantitative estimate of drug-likeness (QED) is 0.749. The largest absolute Gasteiger partial charge is 0.497 e. The summed E-state index contributed by atoms with van der Waals surface area (Å²) in [6.07, 6.45) is 1.91. The molecule has 0 saturated heterocycles. The SMILES string of the molecule is COc1ccc([C@H]2CC[C@H]2O)cc1. The molecule has 1 aromatic rings. The monoisotopic (exact) mass is 178 g/mol. The molecule has 2 heteroatoms. The van der Waals surface area contributed by atoms with Gasteiger partial charge in [-0.05, 0) is 30.5 Å². The van der Waals surface area contributed by atoms with Crippen LogP contribution in [0.5, 0.6) is 5.75 Å². The number of methoxy groups -OCH3 is 1. The molecule has 70 valence electrons. The van der Waals surface area contributed by atoms with Gasteiger partial charge < -0.3 is 9.84 Å². The summed E-state index contributed by atoms with van der Waals surface area (Å²) < 4.78 is 5.06. The summed E-state index contributed by atoms with van der Waals surface area (Å²) in [4.78, 5) is 0. The molecule has 2 nitrogen and oxygen atoms in total. The van der Waals surface area contributed by atoms with Gasteiger partial charge in [0, 0.05) is 5.92 Å². The molecular formula is C11H14O2. The lowest BCUT2D eigenvalue weighted by Gasteiger charge is -2.32. The molecule has 2 atom stereocenters. The van der Waals surface area contributed by atoms with Crippen LogP contribution >= 0.6 is 0 Å². The van der Waals surface area contributed by atoms with Crippen molar-refractivity contribution in [2.45, 2.75) is 24.9 Å². The van der Waals surface area contributed by atoms with Crippen LogP contribution in [0.25, 0.3) is 0 Å². The summed E-state index contributed by atoms with van der Waals surface area (Å²) in [7, 11) is 1.66. The number of aliphatic hydroxyl groups is 1. The second kappa shape index (κ2) is 3.38. The summed E-state index contributed by atoms with van der Waals surface area (Å²) >= 11 is 0. The number of ether oxygens (including phenoxy) is 1. The molecule has 0 aromatic heterocycles. The second-order valence-electron chi connectivity index (χ2n) is 3.52. The average Bonchev–Trinajstić information content (AvgIpc) is 2.17. The molecule has 1 saturated carbocycles. The summed E-state index contributed by atoms with van der Waals surface area (Å²) in [6, 6.07) is 7.96. The number of benzene rings is 1. The van der Waals surface area contributed by atoms with Gasteiger partial charge in [0.15, 0.2) is 0 Å². The fourth-order valence-electron chi connectivity index (χ4n) is 1.72. The zero-order valence-electron chi connectivity index (χ0n) is 7.73. The van der Waals surface area contributed by atoms with E-state index in [0.29, 0.717) is 5.92 Å². The Morgan fingerprint density at radius 1 is 1.23 bits per heavy atom. The molecule has 0 unspecified atom stereocenters. The van der Waals surface area contributed by atoms with Crippen LogP contribution in [0.4, 0.5) is 0 Å². The maximum atomic E-state index is 9.46. The molecule has 1 N–H and O–H groups in total. The first-order chi connectivity index (χ1) is 6.31. The van der Waals surface area contributed by atoms with Crippen LogP contribution in [0.3, 0.4) is 0 Å². The summed E-state index contributed by atoms with van der Waals surface area (Å²) in [5.41, 5.74) is 1.22. The highest BCUT2D eigenvalue weighted by molar-refractivity contribution is 5.31. The maximum absolute atomic E-state index is 9.46. The van der Waals surface area contributed by atoms with Crippen molar-refractivity contribution in [2.75, 3.05) is 7.11 Å². The van der Waals surface area contributed by atoms with Crippen molar-refractivity contribution >= 4 is 0 Å². The average molecular weight is 178 g/mol. The topological polar surface area (TPSA) is 29.5 Å². The van der Waals surface area contributed by atoms with Gasteiger partial charge in [0.2, 0.25) is 0 Å². The molecule has 2 rings (SSSR count). The Bertz CT molecular complexity index is 279. The van der Waals surface area contributed by atoms with E-state index in [9.17, 15) is 5.11 Å². The molecular weight excluding hydrogens is 164 g/mol. The van der Waals surface area contributed by atoms with E-state index in [2.05, 4.69) is 0 Å². The Morgan fingerprint density at radius 2 is 1.92 bits per heavy atom. The minimum atomic E-state index is -0.131. The van der Waals surface area contributed by atoms with Crippen LogP contribution in [0.15, 0.2) is 24.3 Å². The van der Waals surface area contributed by atoms with Crippen molar-refractivity contribution in [2.24, 2.45) is 0 Å². The zero-order valence-corrected chi connectivity index (χ0v) is 7.73. The normalized spacial score (nSPS) is 26.6. The highest BCUT2D eigenvalue weighted by Crippen LogP contribution is 2.37. The van der Waals surface area contributed by atoms with E-state index in [1.54, 1.807) is 7.11 Å². The first-order valence-electron chi connectivity index (χ1n) is 4.63. The van der Waals surface area contributed by atoms with Gasteiger partial charge in [-0.3, -0.25) is 0 Å². The molecule has 1 fully saturated rings. The van der Waals surface area contributed by atoms with Crippen LogP contribution in [0, 0.1) is 0 Å². The van der Waals surface area contributed by atoms with Gasteiger partial charge in [-0.25, -0.2) is 0 Å². The third kappa shape index (κ3) is 1.54. The molecule has 1 aliphatic carbocycles. The van der Waals surface area contributed by atoms with Crippen LogP contribution in [0.1, 0.15) is 24.3 Å². The predicted octanol–water partition coefficient (Wildman–Crippen LogP) is 1.93. The number of hydrogen-bond acceptors (Lipinski definition) is 2. The van der Waals surface area contributed by atoms with Crippen molar-refractivity contribution in [3.63, 3.8) is 0 Å². The zero-order chi connectivity index (χ0) is 9.26. The summed E-state index contributed by atoms with van der Waals surface area (Å²) in [5.74, 6) is 1.23. The fourth-order valence-corrected chi connectivity index (χ4v) is 1.72. The molecule has 0 amide bonds. The molecule has 0 bridgehead atoms. The van der Waals surface area contributed by atoms with Crippen LogP contribution in [-0.4, -0.2) is 18.3 Å². The molecule has 0 heterocycles. The minimum Gasteiger partial charge on any atom is -0.497 e. The van der Waals surface area contributed by atoms with Crippen LogP contribution in [-0.2, 0) is 0 Å². The van der Waals surface area contributed by atoms with Crippen LogP contribution < -0.4 is 4.74 Å². The fraction of sp³-hybridized carbons (Fsp3) is 0.455. The first-order valence-corrected chi connectivity index (χ1v) is 4.63. The molecule has 0 radical (unpaired) electrons. The number of rotatable bonds is 2. The van der Waals surface area contributed by atoms with E-state index in [0.717, 1.165) is 18.6 Å². The van der Waals surface area contributed by atoms with Gasteiger partial charge >= 0.3 is 0 Å². The van der Waals surface area contributed by atoms with Gasteiger partial charge in [0.05, 0.1) is 13.2 Å². The minimum absolute atomic E-state index is 0.131. The maximum Gasteiger partial charge on any atom is 0.118 e. The van der Waals surface area contributed by atoms with Gasteiger partial charge in [-0.1, -0.05) is 12.1 Å². The molecule has 1 aliphatic rings. The predicted molar refractivity (Wildman–Crippen MR) is 51.0 cm³/mol. The Kier molecular flexibility index (Phi) is 2.23. The lowest BCUT2D eigenvalue weighted by Crippen LogP contribution is -2.28. The summed E-state index contributed by atoms with van der Waals surface area (Å²) in [6.45, 7) is 0. The van der Waals surface area contributed by atoms with E-state index < -0.39 is 0 Å². The van der Waals surface area contributed by atoms with Gasteiger partial charge in [-0.15, -0.1) is 0 Å². The highest BCUT2D eigenvalue weighted by atomic mass is 16.5. The second-order valence-corrected chi connectivity index (χ2v) is 3.52. The first kappa shape index (κ1) is 8.57. The van der Waals surface area contributed by atoms with Crippen LogP contribution in [0.2, 0.25) is 0 Å². The highest BCUT2D eigenvalue weighted by Gasteiger charge is 2.29. The molecule has 0 aliphatic heterocycles. The van der Waals surface area contributed by atoms with Crippen molar-refractivity contribution in [1.29, 1.82) is 0 Å². The number of hydrogen-bond donors (Lipinski definition) is 1. The Balaban J connectivity index is 2.13. The van der Waals surface area contributed by atoms with E-state index in [1.807, 2.05) is 24.3 Å². The van der Waals surface area contributed by atoms with Crippen molar-refractivity contribution in [3.8, 4) is 5.75 Å². The smallest absolute Gasteiger partial charge is 0.118 e. The van der Waals surface area contributed by atoms with E-state index in [1.165, 1.54) is 5.56 Å². The molecule has 13 heavy (non-hydrogen) atoms. The number of aliphatic hydroxyl groups excluding tert-OH is 1. The third-order valence-electron chi connectivity index (χ3n) is 2.78. The Morgan fingerprint density at radius 3 is 2.31 bits per heavy atom. The Hall–Kier alpha value is -1.02. The van der Waals surface area contributed by atoms with E-state index >= 15 is 0 Å². The molecule has 0 spiro atoms. The lowest BCUT2D eigenvalue weighted by molar-refractivity contribution is 0.0661. The van der Waals surface area contributed by atoms with E-state index in [4.69, 9.17) is 4.74 Å². The van der Waals surface area contributed by atoms with Crippen molar-refractivity contribution in [1.82, 2.24) is 0 Å². The van der Waals surface area contributed by atoms with Crippen molar-refractivity contribution in [3.05, 3.63) is 29.8 Å². The third-order valence-corrected chi connectivity index (χ3v) is 2.78. The van der Waals surface area contributed by atoms with Gasteiger partial charge in [-0.2, -0.15) is 0 Å². The standard InChI is InChI=1S/C11H14O2/c1-13-9-4-2-8(3-5-9)10-6-7-11(10)12/h2-5,10-12H,6-7H2,1H3/t10-,11-/m1/s1. The van der Waals surface area contributed by atoms with Crippen molar-refractivity contribution < 1.29 is 9.84 Å². The lowest BCUT2D eigenvalue weighted by atomic mass is 9.77. The Labute approximate surface area is 78.2 Å². The summed E-state index contributed by atoms with van der Waals surface area (Å²) in [5, 5.41) is 9.46. The van der Waals surface area contributed by atoms with Gasteiger partial charge in [0.25, 0.3) is 0 Å².